The Bertz CT molecular complexity index is 1330. The summed E-state index contributed by atoms with van der Waals surface area (Å²) in [5.74, 6) is -0.00500. The zero-order chi connectivity index (χ0) is 24.9. The molecular weight excluding hydrogens is 599 g/mol. The van der Waals surface area contributed by atoms with Crippen molar-refractivity contribution in [3.8, 4) is 11.5 Å². The summed E-state index contributed by atoms with van der Waals surface area (Å²) in [6.07, 6.45) is 1.53. The summed E-state index contributed by atoms with van der Waals surface area (Å²) < 4.78 is 12.6. The SMILES string of the molecule is CCOc1cc(/C=C2/C(=O)NC(=S)N(c3ccccc3)C2=O)cc(I)c1OCc1ccccc1Cl. The average Bonchev–Trinajstić information content (AvgIpc) is 2.83. The Labute approximate surface area is 227 Å². The number of amides is 2. The zero-order valence-corrected chi connectivity index (χ0v) is 22.3. The fraction of sp³-hybridized carbons (Fsp3) is 0.115. The summed E-state index contributed by atoms with van der Waals surface area (Å²) >= 11 is 13.6. The van der Waals surface area contributed by atoms with Gasteiger partial charge >= 0.3 is 0 Å². The van der Waals surface area contributed by atoms with E-state index in [0.717, 1.165) is 9.13 Å². The predicted molar refractivity (Wildman–Crippen MR) is 149 cm³/mol. The highest BCUT2D eigenvalue weighted by molar-refractivity contribution is 14.1. The second kappa shape index (κ2) is 11.2. The van der Waals surface area contributed by atoms with Crippen LogP contribution in [0.2, 0.25) is 5.02 Å². The molecule has 0 radical (unpaired) electrons. The number of hydrogen-bond donors (Lipinski definition) is 1. The van der Waals surface area contributed by atoms with Crippen LogP contribution in [0.1, 0.15) is 18.1 Å². The van der Waals surface area contributed by atoms with E-state index in [-0.39, 0.29) is 17.3 Å². The molecule has 2 amide bonds. The van der Waals surface area contributed by atoms with E-state index in [2.05, 4.69) is 27.9 Å². The Hall–Kier alpha value is -2.95. The fourth-order valence-electron chi connectivity index (χ4n) is 3.48. The fourth-order valence-corrected chi connectivity index (χ4v) is 4.73. The van der Waals surface area contributed by atoms with Gasteiger partial charge in [0.2, 0.25) is 0 Å². The summed E-state index contributed by atoms with van der Waals surface area (Å²) in [7, 11) is 0. The monoisotopic (exact) mass is 618 g/mol. The molecule has 1 fully saturated rings. The number of nitrogens with one attached hydrogen (secondary N) is 1. The molecule has 9 heteroatoms. The Balaban J connectivity index is 1.66. The van der Waals surface area contributed by atoms with Crippen LogP contribution in [0.5, 0.6) is 11.5 Å². The Kier molecular flexibility index (Phi) is 8.04. The van der Waals surface area contributed by atoms with Crippen molar-refractivity contribution in [2.24, 2.45) is 0 Å². The molecule has 1 aliphatic rings. The lowest BCUT2D eigenvalue weighted by Gasteiger charge is -2.28. The first-order valence-electron chi connectivity index (χ1n) is 10.7. The molecule has 0 atom stereocenters. The van der Waals surface area contributed by atoms with Crippen molar-refractivity contribution in [2.75, 3.05) is 11.5 Å². The van der Waals surface area contributed by atoms with E-state index in [1.54, 1.807) is 36.4 Å². The van der Waals surface area contributed by atoms with E-state index in [0.29, 0.717) is 34.4 Å². The molecule has 3 aromatic carbocycles. The molecule has 178 valence electrons. The third-order valence-corrected chi connectivity index (χ3v) is 6.54. The molecule has 0 bridgehead atoms. The van der Waals surface area contributed by atoms with Gasteiger partial charge in [0.05, 0.1) is 15.9 Å². The standard InChI is InChI=1S/C26H20ClIN2O4S/c1-2-33-22-14-16(13-21(28)23(22)34-15-17-8-6-7-11-20(17)27)12-19-24(31)29-26(35)30(25(19)32)18-9-4-3-5-10-18/h3-14H,2,15H2,1H3,(H,29,31,35)/b19-12-. The minimum atomic E-state index is -0.556. The number of carbonyl (C=O) groups excluding carboxylic acids is 2. The maximum Gasteiger partial charge on any atom is 0.270 e. The largest absolute Gasteiger partial charge is 0.490 e. The average molecular weight is 619 g/mol. The summed E-state index contributed by atoms with van der Waals surface area (Å²) in [5, 5.41) is 3.25. The van der Waals surface area contributed by atoms with Gasteiger partial charge in [-0.05, 0) is 83.7 Å². The van der Waals surface area contributed by atoms with Crippen molar-refractivity contribution in [3.63, 3.8) is 0 Å². The molecule has 0 unspecified atom stereocenters. The number of rotatable bonds is 7. The minimum Gasteiger partial charge on any atom is -0.490 e. The lowest BCUT2D eigenvalue weighted by atomic mass is 10.1. The van der Waals surface area contributed by atoms with E-state index < -0.39 is 11.8 Å². The van der Waals surface area contributed by atoms with Gasteiger partial charge in [-0.15, -0.1) is 0 Å². The van der Waals surface area contributed by atoms with Crippen LogP contribution in [-0.4, -0.2) is 23.5 Å². The third kappa shape index (κ3) is 5.66. The van der Waals surface area contributed by atoms with Crippen molar-refractivity contribution in [2.45, 2.75) is 13.5 Å². The van der Waals surface area contributed by atoms with E-state index in [1.165, 1.54) is 11.0 Å². The highest BCUT2D eigenvalue weighted by atomic mass is 127. The quantitative estimate of drug-likeness (QED) is 0.158. The molecular formula is C26H20ClIN2O4S. The molecule has 1 heterocycles. The molecule has 3 aromatic rings. The van der Waals surface area contributed by atoms with Crippen LogP contribution in [0, 0.1) is 3.57 Å². The number of thiocarbonyl (C=S) groups is 1. The van der Waals surface area contributed by atoms with Gasteiger partial charge in [0, 0.05) is 10.6 Å². The number of para-hydroxylation sites is 1. The van der Waals surface area contributed by atoms with Crippen LogP contribution in [0.3, 0.4) is 0 Å². The highest BCUT2D eigenvalue weighted by Crippen LogP contribution is 2.36. The van der Waals surface area contributed by atoms with E-state index in [1.807, 2.05) is 37.3 Å². The van der Waals surface area contributed by atoms with Crippen LogP contribution >= 0.6 is 46.4 Å². The van der Waals surface area contributed by atoms with E-state index in [4.69, 9.17) is 33.3 Å². The molecule has 1 aliphatic heterocycles. The lowest BCUT2D eigenvalue weighted by Crippen LogP contribution is -2.54. The summed E-state index contributed by atoms with van der Waals surface area (Å²) in [4.78, 5) is 27.2. The lowest BCUT2D eigenvalue weighted by molar-refractivity contribution is -0.122. The van der Waals surface area contributed by atoms with Gasteiger partial charge in [-0.25, -0.2) is 0 Å². The maximum atomic E-state index is 13.2. The van der Waals surface area contributed by atoms with Gasteiger partial charge in [-0.2, -0.15) is 0 Å². The highest BCUT2D eigenvalue weighted by Gasteiger charge is 2.34. The van der Waals surface area contributed by atoms with Gasteiger partial charge in [-0.1, -0.05) is 48.0 Å². The van der Waals surface area contributed by atoms with Gasteiger partial charge < -0.3 is 9.47 Å². The number of ether oxygens (including phenoxy) is 2. The molecule has 6 nitrogen and oxygen atoms in total. The smallest absolute Gasteiger partial charge is 0.270 e. The van der Waals surface area contributed by atoms with Crippen LogP contribution in [-0.2, 0) is 16.2 Å². The summed E-state index contributed by atoms with van der Waals surface area (Å²) in [6, 6.07) is 19.9. The van der Waals surface area contributed by atoms with E-state index in [9.17, 15) is 9.59 Å². The molecule has 4 rings (SSSR count). The normalized spacial score (nSPS) is 14.8. The van der Waals surface area contributed by atoms with Crippen LogP contribution in [0.15, 0.2) is 72.3 Å². The van der Waals surface area contributed by atoms with Crippen LogP contribution in [0.4, 0.5) is 5.69 Å². The molecule has 0 spiro atoms. The summed E-state index contributed by atoms with van der Waals surface area (Å²) in [6.45, 7) is 2.54. The van der Waals surface area contributed by atoms with Gasteiger partial charge in [0.25, 0.3) is 11.8 Å². The van der Waals surface area contributed by atoms with Gasteiger partial charge in [0.15, 0.2) is 16.6 Å². The van der Waals surface area contributed by atoms with Crippen molar-refractivity contribution in [3.05, 3.63) is 92.0 Å². The number of nitrogens with zero attached hydrogens (tertiary/aromatic N) is 1. The first-order chi connectivity index (χ1) is 16.9. The number of hydrogen-bond acceptors (Lipinski definition) is 5. The number of carbonyl (C=O) groups is 2. The van der Waals surface area contributed by atoms with Crippen molar-refractivity contribution in [1.29, 1.82) is 0 Å². The van der Waals surface area contributed by atoms with Crippen molar-refractivity contribution < 1.29 is 19.1 Å². The Morgan fingerprint density at radius 1 is 1.06 bits per heavy atom. The molecule has 0 aromatic heterocycles. The first-order valence-corrected chi connectivity index (χ1v) is 12.5. The van der Waals surface area contributed by atoms with Gasteiger partial charge in [0.1, 0.15) is 12.2 Å². The summed E-state index contributed by atoms with van der Waals surface area (Å²) in [5.41, 5.74) is 1.99. The maximum absolute atomic E-state index is 13.2. The second-order valence-electron chi connectivity index (χ2n) is 7.44. The van der Waals surface area contributed by atoms with Crippen LogP contribution < -0.4 is 19.7 Å². The second-order valence-corrected chi connectivity index (χ2v) is 9.39. The molecule has 0 aliphatic carbocycles. The van der Waals surface area contributed by atoms with Crippen LogP contribution in [0.25, 0.3) is 6.08 Å². The third-order valence-electron chi connectivity index (χ3n) is 5.09. The Morgan fingerprint density at radius 2 is 1.77 bits per heavy atom. The van der Waals surface area contributed by atoms with E-state index >= 15 is 0 Å². The zero-order valence-electron chi connectivity index (χ0n) is 18.6. The predicted octanol–water partition coefficient (Wildman–Crippen LogP) is 5.75. The van der Waals surface area contributed by atoms with Crippen molar-refractivity contribution in [1.82, 2.24) is 5.32 Å². The topological polar surface area (TPSA) is 67.9 Å². The van der Waals surface area contributed by atoms with Gasteiger partial charge in [-0.3, -0.25) is 19.8 Å². The Morgan fingerprint density at radius 3 is 2.49 bits per heavy atom. The number of anilines is 1. The molecule has 0 saturated carbocycles. The molecule has 1 N–H and O–H groups in total. The molecule has 35 heavy (non-hydrogen) atoms. The minimum absolute atomic E-state index is 0.0366. The number of halogens is 2. The van der Waals surface area contributed by atoms with Crippen molar-refractivity contribution >= 4 is 75.1 Å². The molecule has 1 saturated heterocycles. The first kappa shape index (κ1) is 25.2. The number of benzene rings is 3.